The number of ether oxygens (including phenoxy) is 1. The van der Waals surface area contributed by atoms with Crippen LogP contribution in [0, 0.1) is 6.92 Å². The van der Waals surface area contributed by atoms with Gasteiger partial charge in [0, 0.05) is 78.1 Å². The van der Waals surface area contributed by atoms with Gasteiger partial charge in [-0.1, -0.05) is 5.11 Å². The predicted octanol–water partition coefficient (Wildman–Crippen LogP) is 2.52. The van der Waals surface area contributed by atoms with Gasteiger partial charge in [0.2, 0.25) is 10.0 Å². The summed E-state index contributed by atoms with van der Waals surface area (Å²) >= 11 is 0. The van der Waals surface area contributed by atoms with E-state index in [-0.39, 0.29) is 18.9 Å². The van der Waals surface area contributed by atoms with E-state index in [9.17, 15) is 22.8 Å². The number of aliphatic hydroxyl groups is 1. The molecule has 2 aliphatic rings. The Morgan fingerprint density at radius 3 is 2.59 bits per heavy atom. The number of pyridine rings is 1. The molecule has 6 rings (SSSR count). The fourth-order valence-electron chi connectivity index (χ4n) is 5.93. The first-order valence-corrected chi connectivity index (χ1v) is 18.1. The van der Waals surface area contributed by atoms with Crippen LogP contribution in [0.1, 0.15) is 42.5 Å². The Hall–Kier alpha value is -5.36. The fourth-order valence-corrected chi connectivity index (χ4v) is 6.48. The number of aliphatic hydroxyl groups excluding tert-OH is 1. The number of carbonyl (C=O) groups is 1. The third-order valence-corrected chi connectivity index (χ3v) is 8.90. The molecular formula is C32H41N11O7S. The Morgan fingerprint density at radius 1 is 1.18 bits per heavy atom. The number of piperazine rings is 1. The van der Waals surface area contributed by atoms with E-state index in [0.29, 0.717) is 49.2 Å². The van der Waals surface area contributed by atoms with Crippen molar-refractivity contribution in [2.45, 2.75) is 51.6 Å². The minimum absolute atomic E-state index is 0.0694. The molecule has 5 N–H and O–H groups in total. The number of benzene rings is 1. The first-order valence-electron chi connectivity index (χ1n) is 16.2. The number of H-pyrrole nitrogens is 2. The first-order chi connectivity index (χ1) is 24.3. The van der Waals surface area contributed by atoms with Crippen molar-refractivity contribution in [1.82, 2.24) is 24.4 Å². The van der Waals surface area contributed by atoms with Crippen LogP contribution in [0.25, 0.3) is 21.3 Å². The van der Waals surface area contributed by atoms with Gasteiger partial charge in [-0.05, 0) is 62.7 Å². The van der Waals surface area contributed by atoms with Crippen LogP contribution in [0.2, 0.25) is 0 Å². The summed E-state index contributed by atoms with van der Waals surface area (Å²) in [5, 5.41) is 16.9. The summed E-state index contributed by atoms with van der Waals surface area (Å²) in [5.41, 5.74) is 10.5. The number of anilines is 3. The molecule has 3 atom stereocenters. The fraction of sp³-hybridized carbons (Fsp3) is 0.438. The summed E-state index contributed by atoms with van der Waals surface area (Å²) < 4.78 is 32.1. The van der Waals surface area contributed by atoms with E-state index in [4.69, 9.17) is 15.4 Å². The molecule has 2 fully saturated rings. The second kappa shape index (κ2) is 15.7. The van der Waals surface area contributed by atoms with Crippen LogP contribution in [-0.2, 0) is 14.8 Å². The molecule has 18 nitrogen and oxygen atoms in total. The lowest BCUT2D eigenvalue weighted by atomic mass is 10.1. The average Bonchev–Trinajstić information content (AvgIpc) is 3.70. The molecule has 2 aliphatic heterocycles. The van der Waals surface area contributed by atoms with Gasteiger partial charge >= 0.3 is 5.69 Å². The molecular weight excluding hydrogens is 682 g/mol. The number of aromatic amines is 2. The lowest BCUT2D eigenvalue weighted by molar-refractivity contribution is -0.0271. The van der Waals surface area contributed by atoms with Crippen molar-refractivity contribution in [3.63, 3.8) is 0 Å². The van der Waals surface area contributed by atoms with Gasteiger partial charge in [-0.15, -0.1) is 0 Å². The smallest absolute Gasteiger partial charge is 0.330 e. The Kier molecular flexibility index (Phi) is 11.3. The minimum Gasteiger partial charge on any atom is -0.394 e. The zero-order valence-electron chi connectivity index (χ0n) is 28.6. The number of hydrogen-bond donors (Lipinski definition) is 5. The molecule has 0 saturated carbocycles. The molecule has 51 heavy (non-hydrogen) atoms. The van der Waals surface area contributed by atoms with Crippen molar-refractivity contribution >= 4 is 44.0 Å². The lowest BCUT2D eigenvalue weighted by Crippen LogP contribution is -2.49. The van der Waals surface area contributed by atoms with Crippen molar-refractivity contribution in [1.29, 1.82) is 0 Å². The van der Waals surface area contributed by atoms with Gasteiger partial charge in [0.05, 0.1) is 30.7 Å². The molecule has 0 spiro atoms. The summed E-state index contributed by atoms with van der Waals surface area (Å²) in [4.78, 5) is 52.6. The normalized spacial score (nSPS) is 19.0. The number of azide groups is 1. The molecule has 272 valence electrons. The standard InChI is InChI=1S/C22H28N6O3S.C10H13N5O4/c1-15(2)24-19-5-4-8-23-21(19)27-9-11-28(12-10-27)22(29)20-14-16-13-17(26-32(3,30)31)6-7-18(16)25-20;1-5-3-15(10(18)12-9(5)17)8-2-6(13-14-11)7(4-16)19-8/h4-8,13-15,24-26H,9-12H2,1-3H3;3,6-8,16H,2,4H2,1H3,(H,12,17,18)/t;6-,7+,8+/m.0/s1. The molecule has 4 aromatic rings. The van der Waals surface area contributed by atoms with Crippen LogP contribution in [0.5, 0.6) is 0 Å². The third-order valence-electron chi connectivity index (χ3n) is 8.29. The van der Waals surface area contributed by atoms with Crippen molar-refractivity contribution in [2.24, 2.45) is 5.11 Å². The number of rotatable bonds is 9. The van der Waals surface area contributed by atoms with Crippen LogP contribution in [0.4, 0.5) is 17.2 Å². The van der Waals surface area contributed by atoms with Crippen LogP contribution in [0.15, 0.2) is 63.5 Å². The number of fused-ring (bicyclic) bond motifs is 1. The number of hydrogen-bond acceptors (Lipinski definition) is 11. The minimum atomic E-state index is -3.36. The van der Waals surface area contributed by atoms with Crippen molar-refractivity contribution < 1.29 is 23.1 Å². The molecule has 1 aromatic carbocycles. The second-order valence-corrected chi connectivity index (χ2v) is 14.4. The highest BCUT2D eigenvalue weighted by Crippen LogP contribution is 2.30. The van der Waals surface area contributed by atoms with Crippen LogP contribution < -0.4 is 26.2 Å². The number of aromatic nitrogens is 4. The van der Waals surface area contributed by atoms with E-state index in [2.05, 4.69) is 53.8 Å². The van der Waals surface area contributed by atoms with Gasteiger partial charge in [0.1, 0.15) is 11.9 Å². The van der Waals surface area contributed by atoms with E-state index >= 15 is 0 Å². The Labute approximate surface area is 293 Å². The SMILES string of the molecule is CC(C)Nc1cccnc1N1CCN(C(=O)c2cc3cc(NS(C)(=O)=O)ccc3[nH]2)CC1.Cc1cn([C@H]2C[C@H](N=[N+]=[N-])[C@@H](CO)O2)c(=O)[nH]c1=O. The first kappa shape index (κ1) is 36.9. The monoisotopic (exact) mass is 723 g/mol. The summed E-state index contributed by atoms with van der Waals surface area (Å²) in [6.07, 6.45) is 3.22. The number of sulfonamides is 1. The van der Waals surface area contributed by atoms with Gasteiger partial charge in [0.25, 0.3) is 11.5 Å². The molecule has 3 aromatic heterocycles. The van der Waals surface area contributed by atoms with E-state index in [1.165, 1.54) is 10.8 Å². The van der Waals surface area contributed by atoms with Crippen molar-refractivity contribution in [3.05, 3.63) is 91.3 Å². The topological polar surface area (TPSA) is 244 Å². The lowest BCUT2D eigenvalue weighted by Gasteiger charge is -2.36. The summed E-state index contributed by atoms with van der Waals surface area (Å²) in [7, 11) is -3.36. The van der Waals surface area contributed by atoms with Crippen molar-refractivity contribution in [2.75, 3.05) is 54.0 Å². The van der Waals surface area contributed by atoms with Gasteiger partial charge in [-0.25, -0.2) is 18.2 Å². The maximum absolute atomic E-state index is 13.1. The molecule has 5 heterocycles. The zero-order valence-corrected chi connectivity index (χ0v) is 29.4. The third kappa shape index (κ3) is 9.06. The molecule has 0 bridgehead atoms. The Bertz CT molecular complexity index is 2150. The highest BCUT2D eigenvalue weighted by Gasteiger charge is 2.35. The van der Waals surface area contributed by atoms with Crippen LogP contribution in [-0.4, -0.2) is 101 Å². The second-order valence-electron chi connectivity index (χ2n) is 12.6. The average molecular weight is 724 g/mol. The van der Waals surface area contributed by atoms with E-state index in [0.717, 1.165) is 28.7 Å². The molecule has 19 heteroatoms. The quantitative estimate of drug-likeness (QED) is 0.0960. The maximum Gasteiger partial charge on any atom is 0.330 e. The maximum atomic E-state index is 13.1. The molecule has 1 amide bonds. The highest BCUT2D eigenvalue weighted by molar-refractivity contribution is 7.92. The van der Waals surface area contributed by atoms with Gasteiger partial charge < -0.3 is 29.9 Å². The predicted molar refractivity (Wildman–Crippen MR) is 192 cm³/mol. The molecule has 0 aliphatic carbocycles. The number of carbonyl (C=O) groups excluding carboxylic acids is 1. The summed E-state index contributed by atoms with van der Waals surface area (Å²) in [5.74, 6) is 0.838. The van der Waals surface area contributed by atoms with E-state index in [1.807, 2.05) is 17.0 Å². The van der Waals surface area contributed by atoms with Crippen LogP contribution in [0.3, 0.4) is 0 Å². The number of amides is 1. The van der Waals surface area contributed by atoms with Crippen LogP contribution >= 0.6 is 0 Å². The Balaban J connectivity index is 0.000000226. The largest absolute Gasteiger partial charge is 0.394 e. The molecule has 0 radical (unpaired) electrons. The van der Waals surface area contributed by atoms with E-state index in [1.54, 1.807) is 37.4 Å². The van der Waals surface area contributed by atoms with Crippen molar-refractivity contribution in [3.8, 4) is 0 Å². The summed E-state index contributed by atoms with van der Waals surface area (Å²) in [6, 6.07) is 10.6. The van der Waals surface area contributed by atoms with Gasteiger partial charge in [0.15, 0.2) is 5.82 Å². The molecule has 2 saturated heterocycles. The van der Waals surface area contributed by atoms with Gasteiger partial charge in [-0.3, -0.25) is 23.9 Å². The number of nitrogens with one attached hydrogen (secondary N) is 4. The summed E-state index contributed by atoms with van der Waals surface area (Å²) in [6.45, 7) is 8.01. The number of aryl methyl sites for hydroxylation is 1. The highest BCUT2D eigenvalue weighted by atomic mass is 32.2. The molecule has 0 unspecified atom stereocenters. The number of nitrogens with zero attached hydrogens (tertiary/aromatic N) is 7. The Morgan fingerprint density at radius 2 is 1.92 bits per heavy atom. The zero-order chi connectivity index (χ0) is 36.9. The van der Waals surface area contributed by atoms with E-state index < -0.39 is 39.6 Å². The van der Waals surface area contributed by atoms with Gasteiger partial charge in [-0.2, -0.15) is 0 Å².